The van der Waals surface area contributed by atoms with E-state index in [1.165, 1.54) is 18.3 Å². The first-order valence-corrected chi connectivity index (χ1v) is 9.51. The van der Waals surface area contributed by atoms with Crippen molar-refractivity contribution in [1.82, 2.24) is 19.9 Å². The number of furan rings is 1. The molecule has 0 spiro atoms. The number of para-hydroxylation sites is 1. The highest BCUT2D eigenvalue weighted by molar-refractivity contribution is 6.19. The summed E-state index contributed by atoms with van der Waals surface area (Å²) in [4.78, 5) is 26.7. The summed E-state index contributed by atoms with van der Waals surface area (Å²) in [6.45, 7) is 0.390. The Morgan fingerprint density at radius 2 is 2.13 bits per heavy atom. The maximum Gasteiger partial charge on any atom is 0.258 e. The molecule has 1 aromatic carbocycles. The second-order valence-electron chi connectivity index (χ2n) is 7.02. The summed E-state index contributed by atoms with van der Waals surface area (Å²) in [7, 11) is 0. The van der Waals surface area contributed by atoms with E-state index in [0.29, 0.717) is 30.0 Å². The Labute approximate surface area is 171 Å². The lowest BCUT2D eigenvalue weighted by atomic mass is 9.98. The van der Waals surface area contributed by atoms with Crippen LogP contribution in [-0.4, -0.2) is 32.3 Å². The van der Waals surface area contributed by atoms with Gasteiger partial charge in [0.25, 0.3) is 5.91 Å². The Morgan fingerprint density at radius 3 is 2.93 bits per heavy atom. The molecular formula is C22H18FN5O2. The molecule has 1 atom stereocenters. The number of aromatic nitrogens is 3. The third-order valence-corrected chi connectivity index (χ3v) is 5.31. The number of amides is 1. The molecule has 0 fully saturated rings. The number of rotatable bonds is 3. The average molecular weight is 403 g/mol. The highest BCUT2D eigenvalue weighted by Crippen LogP contribution is 2.37. The van der Waals surface area contributed by atoms with Crippen LogP contribution in [0.3, 0.4) is 0 Å². The van der Waals surface area contributed by atoms with Crippen LogP contribution in [0.5, 0.6) is 0 Å². The van der Waals surface area contributed by atoms with Crippen LogP contribution in [0.1, 0.15) is 28.9 Å². The van der Waals surface area contributed by atoms with Crippen molar-refractivity contribution in [1.29, 1.82) is 0 Å². The fourth-order valence-electron chi connectivity index (χ4n) is 3.91. The van der Waals surface area contributed by atoms with Crippen molar-refractivity contribution in [3.63, 3.8) is 0 Å². The number of nitrogens with two attached hydrogens (primary N) is 1. The second kappa shape index (κ2) is 7.14. The van der Waals surface area contributed by atoms with Gasteiger partial charge in [-0.3, -0.25) is 9.78 Å². The van der Waals surface area contributed by atoms with Gasteiger partial charge in [0.1, 0.15) is 28.9 Å². The molecule has 3 aromatic heterocycles. The van der Waals surface area contributed by atoms with Crippen molar-refractivity contribution in [3.05, 3.63) is 89.8 Å². The quantitative estimate of drug-likeness (QED) is 0.512. The Morgan fingerprint density at radius 1 is 1.27 bits per heavy atom. The van der Waals surface area contributed by atoms with Crippen molar-refractivity contribution < 1.29 is 13.6 Å². The fraction of sp³-hybridized carbons (Fsp3) is 0.136. The number of nitrogens with zero attached hydrogens (tertiary/aromatic N) is 3. The van der Waals surface area contributed by atoms with Crippen LogP contribution in [0.4, 0.5) is 4.39 Å². The standard InChI is InChI=1S/C22H18FN5O2/c23-15-5-3-8-25-19(15)14(11-24)22(29)28-9-7-16-20(27-12-26-16)21(28)18-10-13-4-1-2-6-17(13)30-18/h1-6,8,10-12,21H,7,9,24H2,(H,26,27)/b14-11+/t21-/m1/s1. The second-order valence-corrected chi connectivity index (χ2v) is 7.02. The number of carbonyl (C=O) groups excluding carboxylic acids is 1. The largest absolute Gasteiger partial charge is 0.458 e. The Kier molecular flexibility index (Phi) is 4.31. The number of hydrogen-bond donors (Lipinski definition) is 2. The number of halogens is 1. The van der Waals surface area contributed by atoms with Gasteiger partial charge in [0.15, 0.2) is 0 Å². The summed E-state index contributed by atoms with van der Waals surface area (Å²) in [5.74, 6) is -0.468. The van der Waals surface area contributed by atoms with Gasteiger partial charge in [-0.25, -0.2) is 9.37 Å². The van der Waals surface area contributed by atoms with Gasteiger partial charge in [-0.2, -0.15) is 0 Å². The van der Waals surface area contributed by atoms with Crippen LogP contribution in [-0.2, 0) is 11.2 Å². The summed E-state index contributed by atoms with van der Waals surface area (Å²) in [5, 5.41) is 0.924. The zero-order chi connectivity index (χ0) is 20.7. The molecule has 0 saturated carbocycles. The van der Waals surface area contributed by atoms with Crippen LogP contribution in [0.25, 0.3) is 16.5 Å². The first-order valence-electron chi connectivity index (χ1n) is 9.51. The molecule has 0 unspecified atom stereocenters. The summed E-state index contributed by atoms with van der Waals surface area (Å²) in [6, 6.07) is 11.7. The molecule has 1 aliphatic rings. The summed E-state index contributed by atoms with van der Waals surface area (Å²) in [5.41, 5.74) is 8.00. The zero-order valence-corrected chi connectivity index (χ0v) is 15.9. The van der Waals surface area contributed by atoms with Crippen molar-refractivity contribution >= 4 is 22.4 Å². The van der Waals surface area contributed by atoms with Gasteiger partial charge < -0.3 is 20.0 Å². The molecule has 1 amide bonds. The number of H-pyrrole nitrogens is 1. The van der Waals surface area contributed by atoms with Crippen LogP contribution < -0.4 is 5.73 Å². The number of imidazole rings is 1. The fourth-order valence-corrected chi connectivity index (χ4v) is 3.91. The molecule has 5 rings (SSSR count). The first-order chi connectivity index (χ1) is 14.7. The highest BCUT2D eigenvalue weighted by atomic mass is 19.1. The lowest BCUT2D eigenvalue weighted by molar-refractivity contribution is -0.127. The maximum absolute atomic E-state index is 14.3. The normalized spacial score (nSPS) is 16.6. The van der Waals surface area contributed by atoms with Gasteiger partial charge >= 0.3 is 0 Å². The molecule has 4 aromatic rings. The number of pyridine rings is 1. The van der Waals surface area contributed by atoms with E-state index >= 15 is 0 Å². The van der Waals surface area contributed by atoms with Gasteiger partial charge in [0, 0.05) is 36.4 Å². The van der Waals surface area contributed by atoms with Crippen molar-refractivity contribution in [2.75, 3.05) is 6.54 Å². The SMILES string of the molecule is N/C=C(/C(=O)N1CCc2[nH]cnc2[C@H]1c1cc2ccccc2o1)c1ncccc1F. The molecule has 0 aliphatic carbocycles. The first kappa shape index (κ1) is 18.1. The van der Waals surface area contributed by atoms with Crippen molar-refractivity contribution in [2.24, 2.45) is 5.73 Å². The molecule has 8 heteroatoms. The van der Waals surface area contributed by atoms with Crippen LogP contribution in [0.15, 0.2) is 65.6 Å². The van der Waals surface area contributed by atoms with Crippen LogP contribution in [0.2, 0.25) is 0 Å². The Hall–Kier alpha value is -3.94. The minimum absolute atomic E-state index is 0.00630. The molecule has 0 radical (unpaired) electrons. The van der Waals surface area contributed by atoms with E-state index in [4.69, 9.17) is 10.2 Å². The van der Waals surface area contributed by atoms with E-state index in [1.807, 2.05) is 30.3 Å². The molecule has 0 bridgehead atoms. The molecule has 150 valence electrons. The average Bonchev–Trinajstić information content (AvgIpc) is 3.41. The number of benzene rings is 1. The van der Waals surface area contributed by atoms with Gasteiger partial charge in [0.05, 0.1) is 17.6 Å². The van der Waals surface area contributed by atoms with E-state index in [-0.39, 0.29) is 11.3 Å². The Balaban J connectivity index is 1.61. The van der Waals surface area contributed by atoms with Crippen molar-refractivity contribution in [2.45, 2.75) is 12.5 Å². The number of fused-ring (bicyclic) bond motifs is 2. The lowest BCUT2D eigenvalue weighted by Crippen LogP contribution is -2.41. The topological polar surface area (TPSA) is 101 Å². The maximum atomic E-state index is 14.3. The lowest BCUT2D eigenvalue weighted by Gasteiger charge is -2.34. The minimum atomic E-state index is -0.611. The van der Waals surface area contributed by atoms with Gasteiger partial charge in [0.2, 0.25) is 0 Å². The smallest absolute Gasteiger partial charge is 0.258 e. The number of carbonyl (C=O) groups is 1. The number of aromatic amines is 1. The molecule has 3 N–H and O–H groups in total. The molecular weight excluding hydrogens is 385 g/mol. The van der Waals surface area contributed by atoms with Gasteiger partial charge in [-0.15, -0.1) is 0 Å². The van der Waals surface area contributed by atoms with E-state index in [0.717, 1.165) is 17.3 Å². The molecule has 0 saturated heterocycles. The van der Waals surface area contributed by atoms with Crippen LogP contribution in [0, 0.1) is 5.82 Å². The third-order valence-electron chi connectivity index (χ3n) is 5.31. The van der Waals surface area contributed by atoms with E-state index in [9.17, 15) is 9.18 Å². The molecule has 4 heterocycles. The Bertz CT molecular complexity index is 1240. The summed E-state index contributed by atoms with van der Waals surface area (Å²) in [6.07, 6.45) is 4.71. The molecule has 1 aliphatic heterocycles. The van der Waals surface area contributed by atoms with Gasteiger partial charge in [-0.1, -0.05) is 18.2 Å². The van der Waals surface area contributed by atoms with E-state index in [1.54, 1.807) is 11.2 Å². The number of hydrogen-bond acceptors (Lipinski definition) is 5. The predicted octanol–water partition coefficient (Wildman–Crippen LogP) is 3.16. The third kappa shape index (κ3) is 2.85. The number of nitrogens with one attached hydrogen (secondary N) is 1. The zero-order valence-electron chi connectivity index (χ0n) is 15.9. The minimum Gasteiger partial charge on any atom is -0.458 e. The van der Waals surface area contributed by atoms with E-state index in [2.05, 4.69) is 15.0 Å². The van der Waals surface area contributed by atoms with E-state index < -0.39 is 17.8 Å². The molecule has 30 heavy (non-hydrogen) atoms. The summed E-state index contributed by atoms with van der Waals surface area (Å²) >= 11 is 0. The summed E-state index contributed by atoms with van der Waals surface area (Å²) < 4.78 is 20.4. The molecule has 7 nitrogen and oxygen atoms in total. The van der Waals surface area contributed by atoms with Crippen molar-refractivity contribution in [3.8, 4) is 0 Å². The van der Waals surface area contributed by atoms with Crippen LogP contribution >= 0.6 is 0 Å². The highest BCUT2D eigenvalue weighted by Gasteiger charge is 2.38. The predicted molar refractivity (Wildman–Crippen MR) is 108 cm³/mol. The van der Waals surface area contributed by atoms with Gasteiger partial charge in [-0.05, 0) is 24.3 Å². The monoisotopic (exact) mass is 403 g/mol.